The summed E-state index contributed by atoms with van der Waals surface area (Å²) in [6.45, 7) is 4.29. The summed E-state index contributed by atoms with van der Waals surface area (Å²) in [4.78, 5) is 0. The monoisotopic (exact) mass is 472 g/mol. The maximum atomic E-state index is 11.4. The normalized spacial score (nSPS) is 13.7. The van der Waals surface area contributed by atoms with Crippen molar-refractivity contribution in [3.05, 3.63) is 0 Å². The largest absolute Gasteiger partial charge is 1.00 e. The van der Waals surface area contributed by atoms with Crippen molar-refractivity contribution in [3.8, 4) is 0 Å². The van der Waals surface area contributed by atoms with Crippen LogP contribution in [-0.4, -0.2) is 29.4 Å². The first-order valence-electron chi connectivity index (χ1n) is 12.5. The molecule has 4 nitrogen and oxygen atoms in total. The SMILES string of the molecule is CCCCCCC(CCCCCCCCCCCCC(O)CCCC)S(=O)(=O)[O-].[K+]. The maximum Gasteiger partial charge on any atom is 1.00 e. The Morgan fingerprint density at radius 2 is 0.933 bits per heavy atom. The molecule has 0 saturated carbocycles. The molecule has 0 aromatic rings. The number of rotatable bonds is 22. The van der Waals surface area contributed by atoms with Crippen LogP contribution in [0.1, 0.15) is 142 Å². The quantitative estimate of drug-likeness (QED) is 0.146. The summed E-state index contributed by atoms with van der Waals surface area (Å²) in [6.07, 6.45) is 21.0. The summed E-state index contributed by atoms with van der Waals surface area (Å²) in [5.74, 6) is 0. The molecule has 0 aromatic heterocycles. The molecule has 176 valence electrons. The average Bonchev–Trinajstić information content (AvgIpc) is 2.67. The molecule has 1 N–H and O–H groups in total. The molecule has 0 amide bonds. The van der Waals surface area contributed by atoms with Crippen LogP contribution >= 0.6 is 0 Å². The summed E-state index contributed by atoms with van der Waals surface area (Å²) >= 11 is 0. The predicted molar refractivity (Wildman–Crippen MR) is 123 cm³/mol. The minimum Gasteiger partial charge on any atom is -0.748 e. The Kier molecular flexibility index (Phi) is 26.6. The van der Waals surface area contributed by atoms with E-state index in [0.717, 1.165) is 77.0 Å². The first-order chi connectivity index (χ1) is 13.9. The van der Waals surface area contributed by atoms with Gasteiger partial charge in [0, 0.05) is 5.25 Å². The fourth-order valence-corrected chi connectivity index (χ4v) is 4.89. The van der Waals surface area contributed by atoms with Gasteiger partial charge in [0.2, 0.25) is 0 Å². The van der Waals surface area contributed by atoms with E-state index >= 15 is 0 Å². The van der Waals surface area contributed by atoms with E-state index in [-0.39, 0.29) is 57.5 Å². The summed E-state index contributed by atoms with van der Waals surface area (Å²) in [7, 11) is -4.14. The van der Waals surface area contributed by atoms with Crippen molar-refractivity contribution in [2.24, 2.45) is 0 Å². The van der Waals surface area contributed by atoms with Crippen LogP contribution in [0.15, 0.2) is 0 Å². The molecule has 0 rings (SSSR count). The van der Waals surface area contributed by atoms with Crippen molar-refractivity contribution in [1.29, 1.82) is 0 Å². The van der Waals surface area contributed by atoms with E-state index in [1.165, 1.54) is 38.5 Å². The first kappa shape index (κ1) is 33.7. The predicted octanol–water partition coefficient (Wildman–Crippen LogP) is 4.11. The Balaban J connectivity index is 0. The van der Waals surface area contributed by atoms with Gasteiger partial charge in [-0.25, -0.2) is 8.42 Å². The molecule has 0 aliphatic carbocycles. The Morgan fingerprint density at radius 3 is 1.33 bits per heavy atom. The summed E-state index contributed by atoms with van der Waals surface area (Å²) < 4.78 is 34.3. The topological polar surface area (TPSA) is 77.4 Å². The van der Waals surface area contributed by atoms with Gasteiger partial charge in [0.25, 0.3) is 0 Å². The van der Waals surface area contributed by atoms with Crippen LogP contribution in [0.3, 0.4) is 0 Å². The fourth-order valence-electron chi connectivity index (χ4n) is 3.98. The van der Waals surface area contributed by atoms with Gasteiger partial charge in [0.15, 0.2) is 0 Å². The third-order valence-electron chi connectivity index (χ3n) is 5.99. The van der Waals surface area contributed by atoms with Crippen LogP contribution in [0.4, 0.5) is 0 Å². The molecule has 2 unspecified atom stereocenters. The fraction of sp³-hybridized carbons (Fsp3) is 1.00. The Labute approximate surface area is 230 Å². The smallest absolute Gasteiger partial charge is 0.748 e. The minimum atomic E-state index is -4.14. The number of hydrogen-bond acceptors (Lipinski definition) is 4. The second-order valence-electron chi connectivity index (χ2n) is 8.87. The van der Waals surface area contributed by atoms with E-state index in [1.807, 2.05) is 0 Å². The maximum absolute atomic E-state index is 11.4. The number of hydrogen-bond donors (Lipinski definition) is 1. The van der Waals surface area contributed by atoms with Crippen molar-refractivity contribution < 1.29 is 69.5 Å². The van der Waals surface area contributed by atoms with Gasteiger partial charge in [0.05, 0.1) is 16.2 Å². The molecule has 0 aliphatic rings. The summed E-state index contributed by atoms with van der Waals surface area (Å²) in [5, 5.41) is 9.15. The van der Waals surface area contributed by atoms with Crippen LogP contribution < -0.4 is 51.4 Å². The standard InChI is InChI=1S/C24H50O4S.K/c1-3-5-7-17-21-24(29(26,27)28)22-18-15-13-11-9-8-10-12-14-16-20-23(25)19-6-4-2;/h23-25H,3-22H2,1-2H3,(H,26,27,28);/q;+1/p-1. The third-order valence-corrected chi connectivity index (χ3v) is 7.28. The van der Waals surface area contributed by atoms with Gasteiger partial charge in [-0.05, 0) is 25.7 Å². The molecule has 0 aromatic carbocycles. The number of aliphatic hydroxyl groups is 1. The van der Waals surface area contributed by atoms with Crippen LogP contribution in [0.5, 0.6) is 0 Å². The van der Waals surface area contributed by atoms with Gasteiger partial charge >= 0.3 is 51.4 Å². The molecule has 0 bridgehead atoms. The number of aliphatic hydroxyl groups excluding tert-OH is 1. The van der Waals surface area contributed by atoms with Crippen LogP contribution in [0.2, 0.25) is 0 Å². The molecule has 0 saturated heterocycles. The van der Waals surface area contributed by atoms with E-state index in [0.29, 0.717) is 12.8 Å². The molecule has 6 heteroatoms. The van der Waals surface area contributed by atoms with E-state index in [2.05, 4.69) is 13.8 Å². The van der Waals surface area contributed by atoms with Gasteiger partial charge in [-0.2, -0.15) is 0 Å². The second kappa shape index (κ2) is 23.7. The molecule has 0 spiro atoms. The summed E-state index contributed by atoms with van der Waals surface area (Å²) in [6, 6.07) is 0. The van der Waals surface area contributed by atoms with Crippen molar-refractivity contribution in [2.45, 2.75) is 154 Å². The minimum absolute atomic E-state index is 0. The molecular formula is C24H49KO4S. The van der Waals surface area contributed by atoms with Crippen LogP contribution in [0.25, 0.3) is 0 Å². The molecule has 0 radical (unpaired) electrons. The zero-order valence-corrected chi connectivity index (χ0v) is 24.3. The Hall–Kier alpha value is 1.51. The molecule has 0 aliphatic heterocycles. The first-order valence-corrected chi connectivity index (χ1v) is 14.0. The molecule has 0 heterocycles. The van der Waals surface area contributed by atoms with E-state index < -0.39 is 15.4 Å². The molecule has 30 heavy (non-hydrogen) atoms. The van der Waals surface area contributed by atoms with Gasteiger partial charge in [-0.3, -0.25) is 0 Å². The third kappa shape index (κ3) is 22.7. The average molecular weight is 473 g/mol. The molecule has 0 fully saturated rings. The van der Waals surface area contributed by atoms with E-state index in [4.69, 9.17) is 0 Å². The Bertz CT molecular complexity index is 442. The van der Waals surface area contributed by atoms with Gasteiger partial charge in [-0.1, -0.05) is 117 Å². The summed E-state index contributed by atoms with van der Waals surface area (Å²) in [5.41, 5.74) is 0. The molecular weight excluding hydrogens is 423 g/mol. The van der Waals surface area contributed by atoms with Gasteiger partial charge in [-0.15, -0.1) is 0 Å². The second-order valence-corrected chi connectivity index (χ2v) is 10.5. The van der Waals surface area contributed by atoms with E-state index in [9.17, 15) is 18.1 Å². The van der Waals surface area contributed by atoms with Crippen LogP contribution in [0, 0.1) is 0 Å². The van der Waals surface area contributed by atoms with Gasteiger partial charge in [0.1, 0.15) is 0 Å². The molecule has 2 atom stereocenters. The zero-order valence-electron chi connectivity index (χ0n) is 20.4. The Morgan fingerprint density at radius 1 is 0.600 bits per heavy atom. The van der Waals surface area contributed by atoms with Crippen molar-refractivity contribution in [3.63, 3.8) is 0 Å². The van der Waals surface area contributed by atoms with E-state index in [1.54, 1.807) is 0 Å². The van der Waals surface area contributed by atoms with Crippen molar-refractivity contribution >= 4 is 10.1 Å². The zero-order chi connectivity index (χ0) is 21.8. The van der Waals surface area contributed by atoms with Crippen LogP contribution in [-0.2, 0) is 10.1 Å². The van der Waals surface area contributed by atoms with Gasteiger partial charge < -0.3 is 9.66 Å². The van der Waals surface area contributed by atoms with Crippen molar-refractivity contribution in [2.75, 3.05) is 0 Å². The number of unbranched alkanes of at least 4 members (excludes halogenated alkanes) is 13. The van der Waals surface area contributed by atoms with Crippen molar-refractivity contribution in [1.82, 2.24) is 0 Å².